The Morgan fingerprint density at radius 1 is 1.20 bits per heavy atom. The molecule has 1 aliphatic carbocycles. The number of carbonyl (C=O) groups is 1. The monoisotopic (exact) mass is 272 g/mol. The van der Waals surface area contributed by atoms with Gasteiger partial charge in [-0.3, -0.25) is 4.79 Å². The predicted molar refractivity (Wildman–Crippen MR) is 84.6 cm³/mol. The Labute approximate surface area is 123 Å². The third kappa shape index (κ3) is 3.94. The third-order valence-corrected chi connectivity index (χ3v) is 4.94. The maximum atomic E-state index is 12.6. The quantitative estimate of drug-likeness (QED) is 0.745. The molecule has 0 spiro atoms. The van der Waals surface area contributed by atoms with Gasteiger partial charge in [-0.25, -0.2) is 0 Å². The van der Waals surface area contributed by atoms with Crippen molar-refractivity contribution in [2.75, 3.05) is 0 Å². The molecule has 3 unspecified atom stereocenters. The van der Waals surface area contributed by atoms with Crippen LogP contribution in [-0.4, -0.2) is 5.78 Å². The van der Waals surface area contributed by atoms with Gasteiger partial charge in [0.2, 0.25) is 0 Å². The molecule has 110 valence electrons. The molecule has 0 bridgehead atoms. The van der Waals surface area contributed by atoms with Crippen molar-refractivity contribution in [3.05, 3.63) is 35.9 Å². The number of Topliss-reactive ketones (excluding diaryl/α,β-unsaturated/α-hetero) is 1. The largest absolute Gasteiger partial charge is 0.299 e. The summed E-state index contributed by atoms with van der Waals surface area (Å²) in [6, 6.07) is 10.4. The number of carbonyl (C=O) groups excluding carboxylic acids is 1. The number of hydrogen-bond acceptors (Lipinski definition) is 1. The molecule has 1 aromatic rings. The summed E-state index contributed by atoms with van der Waals surface area (Å²) >= 11 is 0. The Morgan fingerprint density at radius 3 is 2.55 bits per heavy atom. The van der Waals surface area contributed by atoms with Crippen molar-refractivity contribution >= 4 is 5.78 Å². The van der Waals surface area contributed by atoms with E-state index < -0.39 is 0 Å². The van der Waals surface area contributed by atoms with Gasteiger partial charge in [0, 0.05) is 12.3 Å². The highest BCUT2D eigenvalue weighted by Crippen LogP contribution is 2.39. The molecule has 3 atom stereocenters. The van der Waals surface area contributed by atoms with E-state index in [0.29, 0.717) is 30.0 Å². The Bertz CT molecular complexity index is 421. The average molecular weight is 272 g/mol. The maximum Gasteiger partial charge on any atom is 0.136 e. The van der Waals surface area contributed by atoms with E-state index in [1.807, 2.05) is 6.07 Å². The Balaban J connectivity index is 1.95. The zero-order chi connectivity index (χ0) is 14.5. The van der Waals surface area contributed by atoms with Gasteiger partial charge in [-0.05, 0) is 42.6 Å². The van der Waals surface area contributed by atoms with E-state index in [4.69, 9.17) is 0 Å². The van der Waals surface area contributed by atoms with Crippen molar-refractivity contribution in [3.63, 3.8) is 0 Å². The molecule has 0 N–H and O–H groups in total. The summed E-state index contributed by atoms with van der Waals surface area (Å²) in [5, 5.41) is 0. The molecular weight excluding hydrogens is 244 g/mol. The molecule has 1 saturated carbocycles. The molecule has 0 amide bonds. The van der Waals surface area contributed by atoms with E-state index >= 15 is 0 Å². The number of benzene rings is 1. The van der Waals surface area contributed by atoms with Gasteiger partial charge < -0.3 is 0 Å². The summed E-state index contributed by atoms with van der Waals surface area (Å²) in [4.78, 5) is 12.6. The van der Waals surface area contributed by atoms with E-state index in [9.17, 15) is 4.79 Å². The highest BCUT2D eigenvalue weighted by molar-refractivity contribution is 5.81. The fourth-order valence-electron chi connectivity index (χ4n) is 3.67. The van der Waals surface area contributed by atoms with Crippen molar-refractivity contribution in [1.29, 1.82) is 0 Å². The van der Waals surface area contributed by atoms with Crippen LogP contribution in [0.4, 0.5) is 0 Å². The third-order valence-electron chi connectivity index (χ3n) is 4.94. The molecule has 0 saturated heterocycles. The van der Waals surface area contributed by atoms with E-state index in [1.165, 1.54) is 18.4 Å². The van der Waals surface area contributed by atoms with Crippen molar-refractivity contribution in [3.8, 4) is 0 Å². The topological polar surface area (TPSA) is 17.1 Å². The van der Waals surface area contributed by atoms with Crippen LogP contribution in [0.5, 0.6) is 0 Å². The lowest BCUT2D eigenvalue weighted by Gasteiger charge is -2.36. The van der Waals surface area contributed by atoms with Gasteiger partial charge in [-0.15, -0.1) is 0 Å². The number of hydrogen-bond donors (Lipinski definition) is 0. The Hall–Kier alpha value is -1.11. The maximum absolute atomic E-state index is 12.6. The molecule has 0 heterocycles. The molecule has 1 heteroatoms. The second-order valence-electron chi connectivity index (χ2n) is 6.88. The van der Waals surface area contributed by atoms with E-state index in [1.54, 1.807) is 0 Å². The van der Waals surface area contributed by atoms with Crippen molar-refractivity contribution in [1.82, 2.24) is 0 Å². The van der Waals surface area contributed by atoms with Crippen LogP contribution >= 0.6 is 0 Å². The van der Waals surface area contributed by atoms with Crippen LogP contribution in [0.1, 0.15) is 52.0 Å². The number of aryl methyl sites for hydroxylation is 1. The summed E-state index contributed by atoms with van der Waals surface area (Å²) in [5.74, 6) is 2.76. The van der Waals surface area contributed by atoms with Crippen molar-refractivity contribution in [2.45, 2.75) is 52.9 Å². The molecular formula is C19H28O. The van der Waals surface area contributed by atoms with Crippen LogP contribution in [0.25, 0.3) is 0 Å². The summed E-state index contributed by atoms with van der Waals surface area (Å²) in [7, 11) is 0. The van der Waals surface area contributed by atoms with Crippen LogP contribution < -0.4 is 0 Å². The first-order valence-electron chi connectivity index (χ1n) is 8.14. The summed E-state index contributed by atoms with van der Waals surface area (Å²) < 4.78 is 0. The van der Waals surface area contributed by atoms with Gasteiger partial charge in [0.15, 0.2) is 0 Å². The van der Waals surface area contributed by atoms with Gasteiger partial charge in [0.1, 0.15) is 5.78 Å². The highest BCUT2D eigenvalue weighted by atomic mass is 16.1. The average Bonchev–Trinajstić information content (AvgIpc) is 2.45. The molecule has 1 fully saturated rings. The standard InChI is InChI=1S/C19H28O/c1-14(2)17-11-9-15(3)13-18(17)19(20)12-10-16-7-5-4-6-8-16/h4-8,14-15,17-18H,9-13H2,1-3H3. The van der Waals surface area contributed by atoms with Crippen molar-refractivity contribution in [2.24, 2.45) is 23.7 Å². The van der Waals surface area contributed by atoms with E-state index in [-0.39, 0.29) is 0 Å². The lowest BCUT2D eigenvalue weighted by molar-refractivity contribution is -0.127. The van der Waals surface area contributed by atoms with Gasteiger partial charge in [0.05, 0.1) is 0 Å². The van der Waals surface area contributed by atoms with Gasteiger partial charge in [-0.1, -0.05) is 57.5 Å². The molecule has 20 heavy (non-hydrogen) atoms. The molecule has 1 nitrogen and oxygen atoms in total. The summed E-state index contributed by atoms with van der Waals surface area (Å²) in [5.41, 5.74) is 1.28. The zero-order valence-electron chi connectivity index (χ0n) is 13.1. The zero-order valence-corrected chi connectivity index (χ0v) is 13.1. The van der Waals surface area contributed by atoms with Gasteiger partial charge >= 0.3 is 0 Å². The minimum atomic E-state index is 0.308. The van der Waals surface area contributed by atoms with Gasteiger partial charge in [0.25, 0.3) is 0 Å². The summed E-state index contributed by atoms with van der Waals surface area (Å²) in [6.07, 6.45) is 5.25. The lowest BCUT2D eigenvalue weighted by Crippen LogP contribution is -2.33. The van der Waals surface area contributed by atoms with Crippen LogP contribution in [0.2, 0.25) is 0 Å². The second-order valence-corrected chi connectivity index (χ2v) is 6.88. The molecule has 0 aliphatic heterocycles. The fraction of sp³-hybridized carbons (Fsp3) is 0.632. The van der Waals surface area contributed by atoms with E-state index in [0.717, 1.165) is 18.8 Å². The molecule has 1 aromatic carbocycles. The molecule has 2 rings (SSSR count). The number of ketones is 1. The Morgan fingerprint density at radius 2 is 1.90 bits per heavy atom. The second kappa shape index (κ2) is 7.06. The Kier molecular flexibility index (Phi) is 5.39. The SMILES string of the molecule is CC1CCC(C(C)C)C(C(=O)CCc2ccccc2)C1. The molecule has 0 aromatic heterocycles. The fourth-order valence-corrected chi connectivity index (χ4v) is 3.67. The lowest BCUT2D eigenvalue weighted by atomic mass is 9.68. The van der Waals surface area contributed by atoms with E-state index in [2.05, 4.69) is 45.0 Å². The van der Waals surface area contributed by atoms with Crippen LogP contribution in [0.3, 0.4) is 0 Å². The molecule has 1 aliphatic rings. The van der Waals surface area contributed by atoms with Gasteiger partial charge in [-0.2, -0.15) is 0 Å². The highest BCUT2D eigenvalue weighted by Gasteiger charge is 2.34. The predicted octanol–water partition coefficient (Wildman–Crippen LogP) is 4.90. The first-order valence-corrected chi connectivity index (χ1v) is 8.14. The minimum Gasteiger partial charge on any atom is -0.299 e. The van der Waals surface area contributed by atoms with Crippen molar-refractivity contribution < 1.29 is 4.79 Å². The first kappa shape index (κ1) is 15.3. The normalized spacial score (nSPS) is 26.7. The van der Waals surface area contributed by atoms with Crippen LogP contribution in [0.15, 0.2) is 30.3 Å². The smallest absolute Gasteiger partial charge is 0.136 e. The minimum absolute atomic E-state index is 0.308. The molecule has 0 radical (unpaired) electrons. The summed E-state index contributed by atoms with van der Waals surface area (Å²) in [6.45, 7) is 6.85. The first-order chi connectivity index (χ1) is 9.58. The number of rotatable bonds is 5. The van der Waals surface area contributed by atoms with Crippen LogP contribution in [0, 0.1) is 23.7 Å². The van der Waals surface area contributed by atoms with Crippen LogP contribution in [-0.2, 0) is 11.2 Å².